The van der Waals surface area contributed by atoms with Gasteiger partial charge < -0.3 is 5.11 Å². The normalized spacial score (nSPS) is 11.8. The minimum atomic E-state index is -0.0725. The number of rotatable bonds is 1. The first-order valence-electron chi connectivity index (χ1n) is 7.28. The summed E-state index contributed by atoms with van der Waals surface area (Å²) in [6, 6.07) is 20.6. The molecular weight excluding hydrogens is 256 g/mol. The van der Waals surface area contributed by atoms with Crippen molar-refractivity contribution in [3.05, 3.63) is 66.2 Å². The van der Waals surface area contributed by atoms with Gasteiger partial charge in [0.2, 0.25) is 0 Å². The third kappa shape index (κ3) is 2.52. The van der Waals surface area contributed by atoms with Gasteiger partial charge in [-0.2, -0.15) is 0 Å². The van der Waals surface area contributed by atoms with Crippen LogP contribution in [0.1, 0.15) is 26.3 Å². The maximum atomic E-state index is 10.6. The molecule has 0 amide bonds. The first-order chi connectivity index (χ1) is 9.97. The summed E-state index contributed by atoms with van der Waals surface area (Å²) in [6.45, 7) is 6.35. The second kappa shape index (κ2) is 4.92. The minimum absolute atomic E-state index is 0.0725. The van der Waals surface area contributed by atoms with Crippen LogP contribution in [0.2, 0.25) is 0 Å². The van der Waals surface area contributed by atoms with Gasteiger partial charge in [0, 0.05) is 5.56 Å². The molecule has 0 aromatic heterocycles. The predicted molar refractivity (Wildman–Crippen MR) is 89.7 cm³/mol. The van der Waals surface area contributed by atoms with Gasteiger partial charge in [-0.15, -0.1) is 0 Å². The van der Waals surface area contributed by atoms with Crippen LogP contribution < -0.4 is 0 Å². The van der Waals surface area contributed by atoms with Gasteiger partial charge in [0.05, 0.1) is 0 Å². The van der Waals surface area contributed by atoms with Crippen LogP contribution in [0.15, 0.2) is 60.7 Å². The van der Waals surface area contributed by atoms with E-state index < -0.39 is 0 Å². The van der Waals surface area contributed by atoms with Gasteiger partial charge in [-0.1, -0.05) is 75.4 Å². The topological polar surface area (TPSA) is 20.2 Å². The number of benzene rings is 3. The Morgan fingerprint density at radius 2 is 1.48 bits per heavy atom. The molecule has 0 heterocycles. The molecule has 21 heavy (non-hydrogen) atoms. The molecule has 0 aliphatic carbocycles. The molecular formula is C20H20O. The van der Waals surface area contributed by atoms with Gasteiger partial charge in [0.25, 0.3) is 0 Å². The van der Waals surface area contributed by atoms with Crippen molar-refractivity contribution in [3.8, 4) is 16.9 Å². The number of hydrogen-bond acceptors (Lipinski definition) is 1. The first kappa shape index (κ1) is 13.7. The first-order valence-corrected chi connectivity index (χ1v) is 7.28. The van der Waals surface area contributed by atoms with Gasteiger partial charge in [0.15, 0.2) is 0 Å². The third-order valence-corrected chi connectivity index (χ3v) is 3.90. The predicted octanol–water partition coefficient (Wildman–Crippen LogP) is 5.51. The van der Waals surface area contributed by atoms with Crippen LogP contribution in [0.4, 0.5) is 0 Å². The van der Waals surface area contributed by atoms with E-state index in [-0.39, 0.29) is 5.41 Å². The van der Waals surface area contributed by atoms with Gasteiger partial charge in [-0.3, -0.25) is 0 Å². The molecule has 0 bridgehead atoms. The fraction of sp³-hybridized carbons (Fsp3) is 0.200. The maximum Gasteiger partial charge on any atom is 0.127 e. The van der Waals surface area contributed by atoms with Crippen molar-refractivity contribution in [2.75, 3.05) is 0 Å². The maximum absolute atomic E-state index is 10.6. The van der Waals surface area contributed by atoms with E-state index in [1.165, 1.54) is 10.8 Å². The zero-order valence-corrected chi connectivity index (χ0v) is 12.7. The van der Waals surface area contributed by atoms with Gasteiger partial charge in [-0.25, -0.2) is 0 Å². The molecule has 106 valence electrons. The Morgan fingerprint density at radius 3 is 2.19 bits per heavy atom. The second-order valence-corrected chi connectivity index (χ2v) is 6.51. The van der Waals surface area contributed by atoms with Crippen LogP contribution in [-0.4, -0.2) is 5.11 Å². The average Bonchev–Trinajstić information content (AvgIpc) is 2.46. The van der Waals surface area contributed by atoms with Gasteiger partial charge in [0.1, 0.15) is 5.75 Å². The van der Waals surface area contributed by atoms with E-state index in [1.807, 2.05) is 30.3 Å². The summed E-state index contributed by atoms with van der Waals surface area (Å²) >= 11 is 0. The summed E-state index contributed by atoms with van der Waals surface area (Å²) < 4.78 is 0. The van der Waals surface area contributed by atoms with Crippen LogP contribution in [0.5, 0.6) is 5.75 Å². The van der Waals surface area contributed by atoms with E-state index in [0.29, 0.717) is 5.75 Å². The fourth-order valence-electron chi connectivity index (χ4n) is 2.74. The molecule has 1 nitrogen and oxygen atoms in total. The number of phenols is 1. The van der Waals surface area contributed by atoms with E-state index in [4.69, 9.17) is 0 Å². The standard InChI is InChI=1S/C20H20O/c1-20(2,3)18-10-6-9-17(19(18)21)16-12-11-14-7-4-5-8-15(14)13-16/h4-13,21H,1-3H3. The molecule has 0 fully saturated rings. The lowest BCUT2D eigenvalue weighted by atomic mass is 9.84. The molecule has 3 aromatic carbocycles. The molecule has 3 rings (SSSR count). The molecule has 0 saturated heterocycles. The molecule has 0 radical (unpaired) electrons. The lowest BCUT2D eigenvalue weighted by molar-refractivity contribution is 0.448. The minimum Gasteiger partial charge on any atom is -0.507 e. The molecule has 1 heteroatoms. The van der Waals surface area contributed by atoms with Crippen molar-refractivity contribution in [1.82, 2.24) is 0 Å². The van der Waals surface area contributed by atoms with Crippen molar-refractivity contribution >= 4 is 10.8 Å². The molecule has 0 aliphatic rings. The fourth-order valence-corrected chi connectivity index (χ4v) is 2.74. The highest BCUT2D eigenvalue weighted by Crippen LogP contribution is 2.38. The molecule has 0 aliphatic heterocycles. The summed E-state index contributed by atoms with van der Waals surface area (Å²) in [6.07, 6.45) is 0. The van der Waals surface area contributed by atoms with E-state index in [9.17, 15) is 5.11 Å². The highest BCUT2D eigenvalue weighted by atomic mass is 16.3. The Morgan fingerprint density at radius 1 is 0.762 bits per heavy atom. The summed E-state index contributed by atoms with van der Waals surface area (Å²) in [4.78, 5) is 0. The lowest BCUT2D eigenvalue weighted by Crippen LogP contribution is -2.11. The van der Waals surface area contributed by atoms with E-state index >= 15 is 0 Å². The number of aromatic hydroxyl groups is 1. The van der Waals surface area contributed by atoms with Crippen molar-refractivity contribution in [1.29, 1.82) is 0 Å². The molecule has 0 atom stereocenters. The van der Waals surface area contributed by atoms with Crippen molar-refractivity contribution in [2.24, 2.45) is 0 Å². The van der Waals surface area contributed by atoms with E-state index in [2.05, 4.69) is 51.1 Å². The van der Waals surface area contributed by atoms with Crippen molar-refractivity contribution < 1.29 is 5.11 Å². The zero-order valence-electron chi connectivity index (χ0n) is 12.7. The Kier molecular flexibility index (Phi) is 3.21. The van der Waals surface area contributed by atoms with Crippen molar-refractivity contribution in [3.63, 3.8) is 0 Å². The summed E-state index contributed by atoms with van der Waals surface area (Å²) in [7, 11) is 0. The van der Waals surface area contributed by atoms with Crippen LogP contribution in [0.3, 0.4) is 0 Å². The smallest absolute Gasteiger partial charge is 0.127 e. The average molecular weight is 276 g/mol. The zero-order chi connectivity index (χ0) is 15.0. The molecule has 1 N–H and O–H groups in total. The van der Waals surface area contributed by atoms with Gasteiger partial charge in [-0.05, 0) is 33.4 Å². The lowest BCUT2D eigenvalue weighted by Gasteiger charge is -2.22. The van der Waals surface area contributed by atoms with E-state index in [1.54, 1.807) is 0 Å². The highest BCUT2D eigenvalue weighted by molar-refractivity contribution is 5.88. The summed E-state index contributed by atoms with van der Waals surface area (Å²) in [5.74, 6) is 0.389. The van der Waals surface area contributed by atoms with Crippen LogP contribution >= 0.6 is 0 Å². The number of phenolic OH excluding ortho intramolecular Hbond substituents is 1. The number of para-hydroxylation sites is 1. The van der Waals surface area contributed by atoms with E-state index in [0.717, 1.165) is 16.7 Å². The van der Waals surface area contributed by atoms with Gasteiger partial charge >= 0.3 is 0 Å². The number of hydrogen-bond donors (Lipinski definition) is 1. The second-order valence-electron chi connectivity index (χ2n) is 6.51. The Balaban J connectivity index is 2.19. The SMILES string of the molecule is CC(C)(C)c1cccc(-c2ccc3ccccc3c2)c1O. The monoisotopic (exact) mass is 276 g/mol. The van der Waals surface area contributed by atoms with Crippen molar-refractivity contribution in [2.45, 2.75) is 26.2 Å². The third-order valence-electron chi connectivity index (χ3n) is 3.90. The molecule has 0 spiro atoms. The largest absolute Gasteiger partial charge is 0.507 e. The molecule has 0 saturated carbocycles. The Labute approximate surface area is 125 Å². The van der Waals surface area contributed by atoms with Crippen LogP contribution in [0.25, 0.3) is 21.9 Å². The highest BCUT2D eigenvalue weighted by Gasteiger charge is 2.20. The Bertz CT molecular complexity index is 794. The number of fused-ring (bicyclic) bond motifs is 1. The summed E-state index contributed by atoms with van der Waals surface area (Å²) in [5, 5.41) is 13.1. The molecule has 3 aromatic rings. The summed E-state index contributed by atoms with van der Waals surface area (Å²) in [5.41, 5.74) is 2.86. The van der Waals surface area contributed by atoms with Crippen LogP contribution in [0, 0.1) is 0 Å². The Hall–Kier alpha value is -2.28. The molecule has 0 unspecified atom stereocenters. The quantitative estimate of drug-likeness (QED) is 0.621. The van der Waals surface area contributed by atoms with Crippen LogP contribution in [-0.2, 0) is 5.41 Å².